The highest BCUT2D eigenvalue weighted by molar-refractivity contribution is 9.09. The Bertz CT molecular complexity index is 1110. The molecule has 5 nitrogen and oxygen atoms in total. The van der Waals surface area contributed by atoms with Gasteiger partial charge < -0.3 is 5.32 Å². The van der Waals surface area contributed by atoms with Crippen LogP contribution < -0.4 is 10.9 Å². The first kappa shape index (κ1) is 19.6. The molecule has 1 fully saturated rings. The fourth-order valence-electron chi connectivity index (χ4n) is 3.65. The highest BCUT2D eigenvalue weighted by atomic mass is 79.9. The molecule has 29 heavy (non-hydrogen) atoms. The molecule has 0 amide bonds. The third kappa shape index (κ3) is 4.64. The summed E-state index contributed by atoms with van der Waals surface area (Å²) in [5.41, 5.74) is 4.21. The van der Waals surface area contributed by atoms with E-state index in [1.807, 2.05) is 24.3 Å². The monoisotopic (exact) mass is 448 g/mol. The Morgan fingerprint density at radius 2 is 2.00 bits per heavy atom. The number of benzene rings is 2. The van der Waals surface area contributed by atoms with Crippen LogP contribution in [-0.4, -0.2) is 21.2 Å². The summed E-state index contributed by atoms with van der Waals surface area (Å²) in [5.74, 6) is 0. The smallest absolute Gasteiger partial charge is 0.267 e. The van der Waals surface area contributed by atoms with Gasteiger partial charge in [0.1, 0.15) is 0 Å². The van der Waals surface area contributed by atoms with E-state index in [0.717, 1.165) is 30.5 Å². The molecule has 4 rings (SSSR count). The molecule has 1 N–H and O–H groups in total. The molecule has 2 heterocycles. The van der Waals surface area contributed by atoms with Crippen molar-refractivity contribution in [1.29, 1.82) is 5.26 Å². The van der Waals surface area contributed by atoms with E-state index < -0.39 is 0 Å². The topological polar surface area (TPSA) is 70.7 Å². The summed E-state index contributed by atoms with van der Waals surface area (Å²) >= 11 is 3.66. The van der Waals surface area contributed by atoms with Crippen molar-refractivity contribution in [3.05, 3.63) is 87.7 Å². The maximum atomic E-state index is 12.4. The number of hydrogen-bond donors (Lipinski definition) is 1. The summed E-state index contributed by atoms with van der Waals surface area (Å²) in [6, 6.07) is 21.3. The third-order valence-electron chi connectivity index (χ3n) is 5.19. The second-order valence-electron chi connectivity index (χ2n) is 7.29. The minimum absolute atomic E-state index is 0.145. The Kier molecular flexibility index (Phi) is 5.89. The van der Waals surface area contributed by atoms with Crippen molar-refractivity contribution in [2.24, 2.45) is 0 Å². The fourth-order valence-corrected chi connectivity index (χ4v) is 4.10. The summed E-state index contributed by atoms with van der Waals surface area (Å²) in [6.45, 7) is 1.37. The molecule has 0 saturated carbocycles. The summed E-state index contributed by atoms with van der Waals surface area (Å²) in [7, 11) is 0. The molecule has 1 aromatic heterocycles. The highest BCUT2D eigenvalue weighted by Gasteiger charge is 2.20. The molecular formula is C23H21BrN4O. The number of piperidine rings is 1. The number of nitriles is 1. The molecule has 0 radical (unpaired) electrons. The van der Waals surface area contributed by atoms with Gasteiger partial charge in [-0.2, -0.15) is 10.4 Å². The third-order valence-corrected chi connectivity index (χ3v) is 5.98. The van der Waals surface area contributed by atoms with Crippen LogP contribution in [0.2, 0.25) is 0 Å². The molecule has 3 aromatic rings. The lowest BCUT2D eigenvalue weighted by Crippen LogP contribution is -2.33. The maximum Gasteiger partial charge on any atom is 0.267 e. The van der Waals surface area contributed by atoms with Crippen LogP contribution in [0.3, 0.4) is 0 Å². The van der Waals surface area contributed by atoms with Gasteiger partial charge in [-0.05, 0) is 42.2 Å². The molecule has 146 valence electrons. The first-order valence-corrected chi connectivity index (χ1v) is 10.6. The molecule has 6 heteroatoms. The SMILES string of the molecule is N#Cc1cccc(-c2ccc(=O)n(Cc3cccc(C4CCC(Br)CN4)c3)n2)c1. The van der Waals surface area contributed by atoms with Crippen LogP contribution in [0.4, 0.5) is 0 Å². The number of aromatic nitrogens is 2. The van der Waals surface area contributed by atoms with E-state index in [4.69, 9.17) is 5.26 Å². The van der Waals surface area contributed by atoms with Gasteiger partial charge in [0.2, 0.25) is 0 Å². The van der Waals surface area contributed by atoms with Crippen LogP contribution in [0.25, 0.3) is 11.3 Å². The van der Waals surface area contributed by atoms with Crippen LogP contribution in [-0.2, 0) is 6.54 Å². The van der Waals surface area contributed by atoms with E-state index in [0.29, 0.717) is 28.7 Å². The largest absolute Gasteiger partial charge is 0.309 e. The Balaban J connectivity index is 1.59. The molecule has 0 aliphatic carbocycles. The summed E-state index contributed by atoms with van der Waals surface area (Å²) in [4.78, 5) is 12.9. The van der Waals surface area contributed by atoms with E-state index in [1.54, 1.807) is 18.2 Å². The van der Waals surface area contributed by atoms with E-state index >= 15 is 0 Å². The summed E-state index contributed by atoms with van der Waals surface area (Å²) in [6.07, 6.45) is 2.23. The Morgan fingerprint density at radius 1 is 1.14 bits per heavy atom. The average molecular weight is 449 g/mol. The minimum Gasteiger partial charge on any atom is -0.309 e. The Labute approximate surface area is 178 Å². The van der Waals surface area contributed by atoms with Gasteiger partial charge in [0, 0.05) is 29.0 Å². The highest BCUT2D eigenvalue weighted by Crippen LogP contribution is 2.26. The van der Waals surface area contributed by atoms with Gasteiger partial charge in [0.25, 0.3) is 5.56 Å². The predicted octanol–water partition coefficient (Wildman–Crippen LogP) is 4.02. The van der Waals surface area contributed by atoms with E-state index in [-0.39, 0.29) is 5.56 Å². The molecule has 1 aliphatic heterocycles. The molecule has 2 aromatic carbocycles. The normalized spacial score (nSPS) is 18.9. The number of nitrogens with one attached hydrogen (secondary N) is 1. The molecule has 2 atom stereocenters. The van der Waals surface area contributed by atoms with Gasteiger partial charge >= 0.3 is 0 Å². The zero-order chi connectivity index (χ0) is 20.2. The van der Waals surface area contributed by atoms with Crippen LogP contribution in [0.1, 0.15) is 35.6 Å². The molecular weight excluding hydrogens is 428 g/mol. The maximum absolute atomic E-state index is 12.4. The number of alkyl halides is 1. The number of nitrogens with zero attached hydrogens (tertiary/aromatic N) is 3. The van der Waals surface area contributed by atoms with Crippen molar-refractivity contribution >= 4 is 15.9 Å². The standard InChI is InChI=1S/C23H21BrN4O/c24-20-7-8-21(26-14-20)18-5-2-4-17(12-18)15-28-23(29)10-9-22(27-28)19-6-1-3-16(11-19)13-25/h1-6,9-12,20-21,26H,7-8,14-15H2. The van der Waals surface area contributed by atoms with Crippen molar-refractivity contribution in [3.8, 4) is 17.3 Å². The Morgan fingerprint density at radius 3 is 2.79 bits per heavy atom. The molecule has 1 aliphatic rings. The summed E-state index contributed by atoms with van der Waals surface area (Å²) < 4.78 is 1.48. The van der Waals surface area contributed by atoms with Gasteiger partial charge in [0.15, 0.2) is 0 Å². The number of rotatable bonds is 4. The zero-order valence-corrected chi connectivity index (χ0v) is 17.5. The number of hydrogen-bond acceptors (Lipinski definition) is 4. The van der Waals surface area contributed by atoms with E-state index in [1.165, 1.54) is 16.3 Å². The predicted molar refractivity (Wildman–Crippen MR) is 117 cm³/mol. The molecule has 1 saturated heterocycles. The first-order chi connectivity index (χ1) is 14.1. The lowest BCUT2D eigenvalue weighted by molar-refractivity contribution is 0.423. The van der Waals surface area contributed by atoms with Crippen LogP contribution in [0.15, 0.2) is 65.5 Å². The van der Waals surface area contributed by atoms with Crippen molar-refractivity contribution in [1.82, 2.24) is 15.1 Å². The van der Waals surface area contributed by atoms with Crippen molar-refractivity contribution in [2.45, 2.75) is 30.3 Å². The molecule has 0 spiro atoms. The quantitative estimate of drug-likeness (QED) is 0.611. The van der Waals surface area contributed by atoms with Gasteiger partial charge in [-0.1, -0.05) is 52.3 Å². The van der Waals surface area contributed by atoms with Gasteiger partial charge in [-0.3, -0.25) is 4.79 Å². The van der Waals surface area contributed by atoms with Crippen molar-refractivity contribution < 1.29 is 0 Å². The van der Waals surface area contributed by atoms with E-state index in [9.17, 15) is 4.79 Å². The fraction of sp³-hybridized carbons (Fsp3) is 0.261. The number of halogens is 1. The summed E-state index contributed by atoms with van der Waals surface area (Å²) in [5, 5.41) is 17.2. The zero-order valence-electron chi connectivity index (χ0n) is 15.9. The van der Waals surface area contributed by atoms with Crippen LogP contribution in [0, 0.1) is 11.3 Å². The Hall–Kier alpha value is -2.75. The molecule has 2 unspecified atom stereocenters. The van der Waals surface area contributed by atoms with Gasteiger partial charge in [-0.15, -0.1) is 0 Å². The first-order valence-electron chi connectivity index (χ1n) is 9.67. The van der Waals surface area contributed by atoms with Gasteiger partial charge in [0.05, 0.1) is 23.9 Å². The second kappa shape index (κ2) is 8.73. The van der Waals surface area contributed by atoms with Crippen LogP contribution in [0.5, 0.6) is 0 Å². The van der Waals surface area contributed by atoms with Gasteiger partial charge in [-0.25, -0.2) is 4.68 Å². The average Bonchev–Trinajstić information content (AvgIpc) is 2.76. The molecule has 0 bridgehead atoms. The minimum atomic E-state index is -0.145. The van der Waals surface area contributed by atoms with Crippen molar-refractivity contribution in [2.75, 3.05) is 6.54 Å². The van der Waals surface area contributed by atoms with Crippen molar-refractivity contribution in [3.63, 3.8) is 0 Å². The van der Waals surface area contributed by atoms with E-state index in [2.05, 4.69) is 44.5 Å². The lowest BCUT2D eigenvalue weighted by atomic mass is 9.96. The lowest BCUT2D eigenvalue weighted by Gasteiger charge is -2.27. The van der Waals surface area contributed by atoms with Crippen LogP contribution >= 0.6 is 15.9 Å². The second-order valence-corrected chi connectivity index (χ2v) is 8.58.